The summed E-state index contributed by atoms with van der Waals surface area (Å²) in [6, 6.07) is 12.7. The van der Waals surface area contributed by atoms with Crippen molar-refractivity contribution in [2.75, 3.05) is 5.32 Å². The molecule has 0 aliphatic carbocycles. The van der Waals surface area contributed by atoms with Crippen LogP contribution >= 0.6 is 0 Å². The fourth-order valence-corrected chi connectivity index (χ4v) is 3.57. The van der Waals surface area contributed by atoms with Crippen LogP contribution < -0.4 is 10.9 Å². The number of benzene rings is 2. The van der Waals surface area contributed by atoms with Gasteiger partial charge in [0.1, 0.15) is 5.82 Å². The lowest BCUT2D eigenvalue weighted by atomic mass is 10.1. The van der Waals surface area contributed by atoms with Crippen molar-refractivity contribution >= 4 is 22.5 Å². The van der Waals surface area contributed by atoms with Crippen LogP contribution in [-0.2, 0) is 6.18 Å². The van der Waals surface area contributed by atoms with Crippen molar-refractivity contribution in [3.05, 3.63) is 81.9 Å². The highest BCUT2D eigenvalue weighted by Gasteiger charge is 2.34. The zero-order chi connectivity index (χ0) is 23.9. The average Bonchev–Trinajstić information content (AvgIpc) is 3.13. The summed E-state index contributed by atoms with van der Waals surface area (Å²) in [5.74, 6) is -0.631. The zero-order valence-corrected chi connectivity index (χ0v) is 18.0. The molecule has 0 atom stereocenters. The van der Waals surface area contributed by atoms with Crippen LogP contribution in [0.1, 0.15) is 41.6 Å². The zero-order valence-electron chi connectivity index (χ0n) is 18.0. The van der Waals surface area contributed by atoms with Gasteiger partial charge in [0.05, 0.1) is 28.4 Å². The number of amides is 1. The van der Waals surface area contributed by atoms with Crippen LogP contribution in [0, 0.1) is 6.92 Å². The van der Waals surface area contributed by atoms with E-state index < -0.39 is 17.6 Å². The fourth-order valence-electron chi connectivity index (χ4n) is 3.57. The second-order valence-electron chi connectivity index (χ2n) is 7.79. The number of rotatable bonds is 4. The molecular formula is C23H20F3N5O2. The van der Waals surface area contributed by atoms with Crippen LogP contribution in [0.4, 0.5) is 19.0 Å². The number of halogens is 3. The van der Waals surface area contributed by atoms with E-state index >= 15 is 0 Å². The van der Waals surface area contributed by atoms with E-state index in [0.29, 0.717) is 16.5 Å². The van der Waals surface area contributed by atoms with Crippen LogP contribution in [0.2, 0.25) is 0 Å². The summed E-state index contributed by atoms with van der Waals surface area (Å²) in [4.78, 5) is 26.0. The Labute approximate surface area is 186 Å². The minimum absolute atomic E-state index is 0.0200. The van der Waals surface area contributed by atoms with Gasteiger partial charge in [-0.1, -0.05) is 30.3 Å². The Balaban J connectivity index is 1.83. The third-order valence-electron chi connectivity index (χ3n) is 5.04. The molecule has 170 valence electrons. The Morgan fingerprint density at radius 1 is 1.00 bits per heavy atom. The molecule has 1 N–H and O–H groups in total. The van der Waals surface area contributed by atoms with E-state index in [1.54, 1.807) is 45.0 Å². The first-order valence-corrected chi connectivity index (χ1v) is 10.1. The number of carbonyl (C=O) groups excluding carboxylic acids is 1. The summed E-state index contributed by atoms with van der Waals surface area (Å²) < 4.78 is 42.9. The minimum Gasteiger partial charge on any atom is -0.305 e. The molecule has 10 heteroatoms. The van der Waals surface area contributed by atoms with E-state index in [1.807, 2.05) is 0 Å². The topological polar surface area (TPSA) is 81.8 Å². The van der Waals surface area contributed by atoms with Crippen molar-refractivity contribution in [1.82, 2.24) is 19.6 Å². The maximum atomic E-state index is 13.6. The molecule has 2 aromatic heterocycles. The number of carbonyl (C=O) groups is 1. The van der Waals surface area contributed by atoms with Gasteiger partial charge in [-0.3, -0.25) is 9.59 Å². The molecule has 0 unspecified atom stereocenters. The van der Waals surface area contributed by atoms with Gasteiger partial charge in [-0.05, 0) is 39.0 Å². The molecule has 2 aromatic carbocycles. The van der Waals surface area contributed by atoms with Gasteiger partial charge < -0.3 is 5.32 Å². The number of hydrogen-bond acceptors (Lipinski definition) is 4. The third-order valence-corrected chi connectivity index (χ3v) is 5.04. The first-order valence-electron chi connectivity index (χ1n) is 10.1. The van der Waals surface area contributed by atoms with E-state index in [1.165, 1.54) is 28.9 Å². The van der Waals surface area contributed by atoms with Gasteiger partial charge in [0.2, 0.25) is 0 Å². The summed E-state index contributed by atoms with van der Waals surface area (Å²) in [5.41, 5.74) is -1.06. The fraction of sp³-hybridized carbons (Fsp3) is 0.217. The van der Waals surface area contributed by atoms with Gasteiger partial charge in [0.15, 0.2) is 5.69 Å². The maximum Gasteiger partial charge on any atom is 0.418 e. The average molecular weight is 455 g/mol. The van der Waals surface area contributed by atoms with Gasteiger partial charge in [-0.2, -0.15) is 23.4 Å². The minimum atomic E-state index is -4.61. The lowest BCUT2D eigenvalue weighted by Crippen LogP contribution is -2.29. The van der Waals surface area contributed by atoms with Crippen LogP contribution in [0.3, 0.4) is 0 Å². The number of alkyl halides is 3. The van der Waals surface area contributed by atoms with Crippen LogP contribution in [0.25, 0.3) is 16.5 Å². The molecule has 33 heavy (non-hydrogen) atoms. The highest BCUT2D eigenvalue weighted by Crippen LogP contribution is 2.34. The standard InChI is InChI=1S/C23H20F3N5O2/c1-13(2)30-22(33)16-9-5-4-8-15(16)20(29-30)21(32)27-19-12-14(3)28-31(19)18-11-7-6-10-17(18)23(24,25)26/h4-13H,1-3H3,(H,27,32). The molecule has 2 heterocycles. The van der Waals surface area contributed by atoms with Crippen LogP contribution in [0.5, 0.6) is 0 Å². The van der Waals surface area contributed by atoms with Crippen molar-refractivity contribution in [3.63, 3.8) is 0 Å². The largest absolute Gasteiger partial charge is 0.418 e. The smallest absolute Gasteiger partial charge is 0.305 e. The molecule has 7 nitrogen and oxygen atoms in total. The Hall–Kier alpha value is -3.95. The Bertz CT molecular complexity index is 1420. The Kier molecular flexibility index (Phi) is 5.52. The molecule has 0 aliphatic heterocycles. The van der Waals surface area contributed by atoms with Gasteiger partial charge in [0.25, 0.3) is 11.5 Å². The van der Waals surface area contributed by atoms with Crippen LogP contribution in [-0.4, -0.2) is 25.5 Å². The van der Waals surface area contributed by atoms with E-state index in [9.17, 15) is 22.8 Å². The highest BCUT2D eigenvalue weighted by atomic mass is 19.4. The summed E-state index contributed by atoms with van der Waals surface area (Å²) in [6.45, 7) is 5.13. The maximum absolute atomic E-state index is 13.6. The molecule has 0 fully saturated rings. The van der Waals surface area contributed by atoms with Gasteiger partial charge in [-0.25, -0.2) is 9.36 Å². The number of anilines is 1. The summed E-state index contributed by atoms with van der Waals surface area (Å²) in [6.07, 6.45) is -4.61. The van der Waals surface area contributed by atoms with Crippen molar-refractivity contribution in [1.29, 1.82) is 0 Å². The molecule has 4 rings (SSSR count). The number of fused-ring (bicyclic) bond motifs is 1. The van der Waals surface area contributed by atoms with Crippen molar-refractivity contribution in [2.24, 2.45) is 0 Å². The van der Waals surface area contributed by atoms with Crippen molar-refractivity contribution < 1.29 is 18.0 Å². The van der Waals surface area contributed by atoms with Crippen molar-refractivity contribution in [3.8, 4) is 5.69 Å². The molecule has 0 saturated carbocycles. The number of aromatic nitrogens is 4. The second-order valence-corrected chi connectivity index (χ2v) is 7.79. The van der Waals surface area contributed by atoms with Gasteiger partial charge >= 0.3 is 6.18 Å². The van der Waals surface area contributed by atoms with Gasteiger partial charge in [0, 0.05) is 11.5 Å². The van der Waals surface area contributed by atoms with Crippen LogP contribution in [0.15, 0.2) is 59.4 Å². The molecule has 0 bridgehead atoms. The molecule has 0 radical (unpaired) electrons. The Morgan fingerprint density at radius 3 is 2.30 bits per heavy atom. The second kappa shape index (κ2) is 8.19. The lowest BCUT2D eigenvalue weighted by Gasteiger charge is -2.16. The van der Waals surface area contributed by atoms with E-state index in [2.05, 4.69) is 15.5 Å². The molecular weight excluding hydrogens is 435 g/mol. The number of aryl methyl sites for hydroxylation is 1. The molecule has 4 aromatic rings. The first-order chi connectivity index (χ1) is 15.6. The molecule has 0 saturated heterocycles. The SMILES string of the molecule is Cc1cc(NC(=O)c2nn(C(C)C)c(=O)c3ccccc23)n(-c2ccccc2C(F)(F)F)n1. The number of nitrogens with zero attached hydrogens (tertiary/aromatic N) is 4. The predicted molar refractivity (Wildman–Crippen MR) is 118 cm³/mol. The Morgan fingerprint density at radius 2 is 1.64 bits per heavy atom. The van der Waals surface area contributed by atoms with E-state index in [4.69, 9.17) is 0 Å². The summed E-state index contributed by atoms with van der Waals surface area (Å²) in [5, 5.41) is 11.7. The lowest BCUT2D eigenvalue weighted by molar-refractivity contribution is -0.137. The molecule has 0 aliphatic rings. The first kappa shape index (κ1) is 22.3. The number of nitrogens with one attached hydrogen (secondary N) is 1. The molecule has 0 spiro atoms. The molecule has 1 amide bonds. The third kappa shape index (κ3) is 4.11. The van der Waals surface area contributed by atoms with Crippen molar-refractivity contribution in [2.45, 2.75) is 33.0 Å². The predicted octanol–water partition coefficient (Wildman–Crippen LogP) is 4.74. The normalized spacial score (nSPS) is 11.8. The van der Waals surface area contributed by atoms with E-state index in [-0.39, 0.29) is 28.8 Å². The quantitative estimate of drug-likeness (QED) is 0.482. The highest BCUT2D eigenvalue weighted by molar-refractivity contribution is 6.10. The number of hydrogen-bond donors (Lipinski definition) is 1. The summed E-state index contributed by atoms with van der Waals surface area (Å²) in [7, 11) is 0. The van der Waals surface area contributed by atoms with Gasteiger partial charge in [-0.15, -0.1) is 0 Å². The van der Waals surface area contributed by atoms with E-state index in [0.717, 1.165) is 10.7 Å². The summed E-state index contributed by atoms with van der Waals surface area (Å²) >= 11 is 0. The monoisotopic (exact) mass is 455 g/mol. The number of para-hydroxylation sites is 1.